The SMILES string of the molecule is C=CCCC1C[C@H]1OC(=O)N[C@H](C(=O)N1C[C@H](Oc2nc3cc(C#N)ccc3nc2C(F)(F)C=C)[C@@H](CC)[C@H]1C(=O)OC(C)(C)C)C(C)(C)C. The summed E-state index contributed by atoms with van der Waals surface area (Å²) < 4.78 is 48.1. The van der Waals surface area contributed by atoms with Gasteiger partial charge in [-0.25, -0.2) is 19.6 Å². The monoisotopic (exact) mass is 695 g/mol. The van der Waals surface area contributed by atoms with Crippen molar-refractivity contribution in [3.8, 4) is 11.9 Å². The molecule has 2 fully saturated rings. The Hall–Kier alpha value is -4.60. The molecule has 6 atom stereocenters. The Morgan fingerprint density at radius 3 is 2.40 bits per heavy atom. The molecule has 1 aliphatic carbocycles. The van der Waals surface area contributed by atoms with Gasteiger partial charge in [-0.15, -0.1) is 6.58 Å². The van der Waals surface area contributed by atoms with Gasteiger partial charge in [0.25, 0.3) is 0 Å². The van der Waals surface area contributed by atoms with E-state index in [1.165, 1.54) is 23.1 Å². The Morgan fingerprint density at radius 2 is 1.82 bits per heavy atom. The third kappa shape index (κ3) is 8.76. The van der Waals surface area contributed by atoms with Crippen LogP contribution in [0.4, 0.5) is 13.6 Å². The highest BCUT2D eigenvalue weighted by Gasteiger charge is 2.53. The number of likely N-dealkylation sites (tertiary alicyclic amines) is 1. The van der Waals surface area contributed by atoms with E-state index in [9.17, 15) is 19.6 Å². The maximum absolute atomic E-state index is 15.3. The van der Waals surface area contributed by atoms with E-state index < -0.39 is 70.6 Å². The number of hydrogen-bond acceptors (Lipinski definition) is 9. The lowest BCUT2D eigenvalue weighted by Gasteiger charge is -2.36. The number of carbonyl (C=O) groups excluding carboxylic acids is 3. The zero-order valence-electron chi connectivity index (χ0n) is 29.8. The number of carbonyl (C=O) groups is 3. The highest BCUT2D eigenvalue weighted by atomic mass is 19.3. The van der Waals surface area contributed by atoms with Crippen molar-refractivity contribution >= 4 is 29.0 Å². The zero-order valence-corrected chi connectivity index (χ0v) is 29.8. The van der Waals surface area contributed by atoms with E-state index in [4.69, 9.17) is 14.2 Å². The van der Waals surface area contributed by atoms with Crippen LogP contribution in [0.25, 0.3) is 11.0 Å². The van der Waals surface area contributed by atoms with Gasteiger partial charge in [-0.1, -0.05) is 40.3 Å². The van der Waals surface area contributed by atoms with Crippen LogP contribution in [0.5, 0.6) is 5.88 Å². The van der Waals surface area contributed by atoms with Crippen molar-refractivity contribution in [1.29, 1.82) is 5.26 Å². The summed E-state index contributed by atoms with van der Waals surface area (Å²) in [5.74, 6) is -5.98. The lowest BCUT2D eigenvalue weighted by atomic mass is 9.85. The minimum atomic E-state index is -3.65. The second-order valence-electron chi connectivity index (χ2n) is 15.0. The number of nitriles is 1. The van der Waals surface area contributed by atoms with Crippen molar-refractivity contribution in [3.63, 3.8) is 0 Å². The fraction of sp³-hybridized carbons (Fsp3) is 0.568. The Balaban J connectivity index is 1.71. The van der Waals surface area contributed by atoms with E-state index in [2.05, 4.69) is 28.4 Å². The van der Waals surface area contributed by atoms with Gasteiger partial charge in [0, 0.05) is 5.92 Å². The normalized spacial score (nSPS) is 22.6. The molecular formula is C37H47F2N5O6. The van der Waals surface area contributed by atoms with Gasteiger partial charge < -0.3 is 24.4 Å². The molecule has 270 valence electrons. The molecule has 2 aliphatic rings. The van der Waals surface area contributed by atoms with Crippen LogP contribution in [0.1, 0.15) is 85.4 Å². The van der Waals surface area contributed by atoms with Crippen molar-refractivity contribution in [2.24, 2.45) is 17.3 Å². The van der Waals surface area contributed by atoms with Crippen molar-refractivity contribution in [2.75, 3.05) is 6.54 Å². The molecule has 2 heterocycles. The van der Waals surface area contributed by atoms with Crippen LogP contribution < -0.4 is 10.1 Å². The number of nitrogens with zero attached hydrogens (tertiary/aromatic N) is 4. The highest BCUT2D eigenvalue weighted by molar-refractivity contribution is 5.91. The van der Waals surface area contributed by atoms with Crippen molar-refractivity contribution in [1.82, 2.24) is 20.2 Å². The lowest BCUT2D eigenvalue weighted by molar-refractivity contribution is -0.165. The molecule has 0 spiro atoms. The van der Waals surface area contributed by atoms with Crippen molar-refractivity contribution < 1.29 is 37.4 Å². The first-order valence-electron chi connectivity index (χ1n) is 16.8. The largest absolute Gasteiger partial charge is 0.471 e. The quantitative estimate of drug-likeness (QED) is 0.192. The average molecular weight is 696 g/mol. The number of aromatic nitrogens is 2. The van der Waals surface area contributed by atoms with Gasteiger partial charge in [-0.3, -0.25) is 4.79 Å². The summed E-state index contributed by atoms with van der Waals surface area (Å²) in [5, 5.41) is 12.1. The second-order valence-corrected chi connectivity index (χ2v) is 15.0. The molecule has 1 aromatic carbocycles. The van der Waals surface area contributed by atoms with E-state index in [1.54, 1.807) is 48.5 Å². The van der Waals surface area contributed by atoms with Crippen LogP contribution >= 0.6 is 0 Å². The van der Waals surface area contributed by atoms with Gasteiger partial charge in [-0.2, -0.15) is 14.0 Å². The van der Waals surface area contributed by atoms with Gasteiger partial charge in [0.1, 0.15) is 29.9 Å². The van der Waals surface area contributed by atoms with Gasteiger partial charge in [0.15, 0.2) is 5.69 Å². The summed E-state index contributed by atoms with van der Waals surface area (Å²) in [6.07, 6.45) is 2.86. The Labute approximate surface area is 292 Å². The molecule has 1 aliphatic heterocycles. The third-order valence-corrected chi connectivity index (χ3v) is 8.83. The number of benzene rings is 1. The van der Waals surface area contributed by atoms with E-state index in [0.717, 1.165) is 19.3 Å². The number of halogens is 2. The molecule has 13 heteroatoms. The average Bonchev–Trinajstić information content (AvgIpc) is 3.66. The van der Waals surface area contributed by atoms with Gasteiger partial charge in [0.05, 0.1) is 29.2 Å². The standard InChI is InChI=1S/C37H47F2N5O6/c1-10-13-14-22-18-26(22)49-34(47)43-30(35(4,5)6)32(45)44-20-27(23(11-2)28(44)33(46)50-36(7,8)9)48-31-29(37(38,39)12-3)41-24-16-15-21(19-40)17-25(24)42-31/h10,12,15-17,22-23,26-28,30H,1,3,11,13-14,18,20H2,2,4-9H3,(H,43,47)/t22?,23-,26-,27+,28+,30-/m1/s1. The molecular weight excluding hydrogens is 648 g/mol. The minimum Gasteiger partial charge on any atom is -0.471 e. The molecule has 2 amide bonds. The maximum Gasteiger partial charge on any atom is 0.408 e. The van der Waals surface area contributed by atoms with Gasteiger partial charge in [-0.05, 0) is 82.1 Å². The molecule has 2 aromatic rings. The van der Waals surface area contributed by atoms with Crippen LogP contribution in [-0.4, -0.2) is 69.3 Å². The highest BCUT2D eigenvalue weighted by Crippen LogP contribution is 2.40. The molecule has 11 nitrogen and oxygen atoms in total. The number of allylic oxidation sites excluding steroid dienone is 2. The van der Waals surface area contributed by atoms with E-state index in [0.29, 0.717) is 6.08 Å². The number of esters is 1. The Bertz CT molecular complexity index is 1680. The summed E-state index contributed by atoms with van der Waals surface area (Å²) in [5.41, 5.74) is -2.06. The van der Waals surface area contributed by atoms with Gasteiger partial charge >= 0.3 is 18.0 Å². The van der Waals surface area contributed by atoms with Gasteiger partial charge in [0.2, 0.25) is 11.8 Å². The molecule has 0 bridgehead atoms. The molecule has 1 unspecified atom stereocenters. The van der Waals surface area contributed by atoms with Crippen molar-refractivity contribution in [3.05, 3.63) is 54.8 Å². The van der Waals surface area contributed by atoms with E-state index >= 15 is 8.78 Å². The summed E-state index contributed by atoms with van der Waals surface area (Å²) in [4.78, 5) is 51.2. The zero-order chi connectivity index (χ0) is 37.2. The third-order valence-electron chi connectivity index (χ3n) is 8.83. The van der Waals surface area contributed by atoms with Crippen LogP contribution in [-0.2, 0) is 25.0 Å². The molecule has 4 rings (SSSR count). The molecule has 50 heavy (non-hydrogen) atoms. The number of ether oxygens (including phenoxy) is 3. The van der Waals surface area contributed by atoms with Crippen LogP contribution in [0, 0.1) is 28.6 Å². The van der Waals surface area contributed by atoms with Crippen LogP contribution in [0.2, 0.25) is 0 Å². The summed E-state index contributed by atoms with van der Waals surface area (Å²) in [7, 11) is 0. The first-order valence-corrected chi connectivity index (χ1v) is 16.8. The first-order chi connectivity index (χ1) is 23.3. The predicted octanol–water partition coefficient (Wildman–Crippen LogP) is 6.60. The summed E-state index contributed by atoms with van der Waals surface area (Å²) in [6, 6.07) is 3.92. The van der Waals surface area contributed by atoms with E-state index in [1.807, 2.05) is 12.1 Å². The van der Waals surface area contributed by atoms with Crippen LogP contribution in [0.3, 0.4) is 0 Å². The number of rotatable bonds is 12. The first kappa shape index (κ1) is 38.2. The number of amides is 2. The maximum atomic E-state index is 15.3. The number of alkyl halides is 2. The second kappa shape index (κ2) is 14.7. The summed E-state index contributed by atoms with van der Waals surface area (Å²) in [6.45, 7) is 18.9. The molecule has 1 aromatic heterocycles. The van der Waals surface area contributed by atoms with Crippen LogP contribution in [0.15, 0.2) is 43.5 Å². The number of fused-ring (bicyclic) bond motifs is 1. The number of hydrogen-bond donors (Lipinski definition) is 1. The Morgan fingerprint density at radius 1 is 1.12 bits per heavy atom. The molecule has 0 radical (unpaired) electrons. The fourth-order valence-corrected chi connectivity index (χ4v) is 6.13. The smallest absolute Gasteiger partial charge is 0.408 e. The lowest BCUT2D eigenvalue weighted by Crippen LogP contribution is -2.58. The molecule has 1 N–H and O–H groups in total. The fourth-order valence-electron chi connectivity index (χ4n) is 6.13. The number of alkyl carbamates (subject to hydrolysis) is 1. The minimum absolute atomic E-state index is 0.110. The topological polar surface area (TPSA) is 144 Å². The van der Waals surface area contributed by atoms with Crippen molar-refractivity contribution in [2.45, 2.75) is 110 Å². The summed E-state index contributed by atoms with van der Waals surface area (Å²) >= 11 is 0. The predicted molar refractivity (Wildman–Crippen MR) is 182 cm³/mol. The number of nitrogens with one attached hydrogen (secondary N) is 1. The Kier molecular flexibility index (Phi) is 11.2. The van der Waals surface area contributed by atoms with E-state index in [-0.39, 0.29) is 41.6 Å². The molecule has 1 saturated heterocycles. The molecule has 1 saturated carbocycles.